The maximum Gasteiger partial charge on any atom is 0.222 e. The number of nitrogens with two attached hydrogens (primary N) is 1. The Hall–Kier alpha value is -1.03. The monoisotopic (exact) mass is 226 g/mol. The largest absolute Gasteiger partial charge is 0.368 e. The van der Waals surface area contributed by atoms with Crippen molar-refractivity contribution in [2.24, 2.45) is 5.92 Å². The van der Waals surface area contributed by atoms with E-state index in [2.05, 4.69) is 21.8 Å². The second-order valence-electron chi connectivity index (χ2n) is 4.09. The van der Waals surface area contributed by atoms with E-state index >= 15 is 0 Å². The van der Waals surface area contributed by atoms with Crippen LogP contribution in [0.15, 0.2) is 6.20 Å². The van der Waals surface area contributed by atoms with Crippen LogP contribution in [0.3, 0.4) is 0 Å². The van der Waals surface area contributed by atoms with E-state index in [-0.39, 0.29) is 5.95 Å². The number of aromatic nitrogens is 2. The summed E-state index contributed by atoms with van der Waals surface area (Å²) in [7, 11) is 0. The predicted octanol–water partition coefficient (Wildman–Crippen LogP) is 1.95. The molecule has 1 aromatic heterocycles. The molecule has 0 bridgehead atoms. The third-order valence-electron chi connectivity index (χ3n) is 2.70. The van der Waals surface area contributed by atoms with E-state index in [1.165, 1.54) is 12.8 Å². The highest BCUT2D eigenvalue weighted by molar-refractivity contribution is 6.32. The maximum absolute atomic E-state index is 6.06. The summed E-state index contributed by atoms with van der Waals surface area (Å²) in [4.78, 5) is 10.2. The number of piperidine rings is 1. The van der Waals surface area contributed by atoms with Crippen molar-refractivity contribution in [3.63, 3.8) is 0 Å². The van der Waals surface area contributed by atoms with Crippen molar-refractivity contribution in [2.45, 2.75) is 19.8 Å². The van der Waals surface area contributed by atoms with Crippen LogP contribution < -0.4 is 10.6 Å². The van der Waals surface area contributed by atoms with Crippen LogP contribution in [0.5, 0.6) is 0 Å². The van der Waals surface area contributed by atoms with Crippen molar-refractivity contribution < 1.29 is 0 Å². The van der Waals surface area contributed by atoms with Gasteiger partial charge in [-0.05, 0) is 18.8 Å². The van der Waals surface area contributed by atoms with E-state index in [9.17, 15) is 0 Å². The fraction of sp³-hybridized carbons (Fsp3) is 0.600. The highest BCUT2D eigenvalue weighted by Gasteiger charge is 2.19. The quantitative estimate of drug-likeness (QED) is 0.795. The average Bonchev–Trinajstić information content (AvgIpc) is 2.22. The van der Waals surface area contributed by atoms with Gasteiger partial charge in [-0.2, -0.15) is 4.98 Å². The molecular formula is C10H15ClN4. The van der Waals surface area contributed by atoms with Gasteiger partial charge in [0.1, 0.15) is 5.02 Å². The van der Waals surface area contributed by atoms with E-state index in [1.54, 1.807) is 6.20 Å². The summed E-state index contributed by atoms with van der Waals surface area (Å²) in [6, 6.07) is 0. The van der Waals surface area contributed by atoms with Crippen LogP contribution in [-0.2, 0) is 0 Å². The summed E-state index contributed by atoms with van der Waals surface area (Å²) < 4.78 is 0. The molecule has 0 amide bonds. The lowest BCUT2D eigenvalue weighted by atomic mass is 10.0. The molecule has 82 valence electrons. The molecule has 2 heterocycles. The lowest BCUT2D eigenvalue weighted by Crippen LogP contribution is -2.35. The first-order valence-electron chi connectivity index (χ1n) is 5.20. The molecule has 0 aromatic carbocycles. The van der Waals surface area contributed by atoms with Gasteiger partial charge in [-0.25, -0.2) is 4.98 Å². The Morgan fingerprint density at radius 2 is 2.40 bits per heavy atom. The normalized spacial score (nSPS) is 21.7. The number of halogens is 1. The van der Waals surface area contributed by atoms with Gasteiger partial charge in [0, 0.05) is 13.1 Å². The number of hydrogen-bond donors (Lipinski definition) is 1. The van der Waals surface area contributed by atoms with Crippen LogP contribution in [0.1, 0.15) is 19.8 Å². The van der Waals surface area contributed by atoms with Crippen LogP contribution in [0, 0.1) is 5.92 Å². The molecule has 1 unspecified atom stereocenters. The summed E-state index contributed by atoms with van der Waals surface area (Å²) in [6.45, 7) is 4.24. The van der Waals surface area contributed by atoms with Gasteiger partial charge in [0.15, 0.2) is 5.82 Å². The minimum absolute atomic E-state index is 0.285. The Morgan fingerprint density at radius 3 is 3.13 bits per heavy atom. The summed E-state index contributed by atoms with van der Waals surface area (Å²) in [5.74, 6) is 1.74. The van der Waals surface area contributed by atoms with E-state index in [0.717, 1.165) is 18.9 Å². The first kappa shape index (κ1) is 10.5. The Labute approximate surface area is 94.5 Å². The van der Waals surface area contributed by atoms with Gasteiger partial charge >= 0.3 is 0 Å². The highest BCUT2D eigenvalue weighted by atomic mass is 35.5. The molecule has 1 fully saturated rings. The second-order valence-corrected chi connectivity index (χ2v) is 4.50. The second kappa shape index (κ2) is 4.23. The number of anilines is 2. The number of nitrogens with zero attached hydrogens (tertiary/aromatic N) is 3. The smallest absolute Gasteiger partial charge is 0.222 e. The Balaban J connectivity index is 2.24. The number of rotatable bonds is 1. The van der Waals surface area contributed by atoms with E-state index in [4.69, 9.17) is 17.3 Å². The van der Waals surface area contributed by atoms with Crippen LogP contribution in [0.4, 0.5) is 11.8 Å². The standard InChI is InChI=1S/C10H15ClN4/c1-7-3-2-4-15(6-7)9-8(11)5-13-10(12)14-9/h5,7H,2-4,6H2,1H3,(H2,12,13,14). The summed E-state index contributed by atoms with van der Waals surface area (Å²) in [6.07, 6.45) is 4.02. The van der Waals surface area contributed by atoms with Crippen molar-refractivity contribution in [1.29, 1.82) is 0 Å². The lowest BCUT2D eigenvalue weighted by molar-refractivity contribution is 0.444. The zero-order chi connectivity index (χ0) is 10.8. The van der Waals surface area contributed by atoms with Crippen LogP contribution in [-0.4, -0.2) is 23.1 Å². The van der Waals surface area contributed by atoms with E-state index < -0.39 is 0 Å². The first-order chi connectivity index (χ1) is 7.16. The van der Waals surface area contributed by atoms with Crippen molar-refractivity contribution in [1.82, 2.24) is 9.97 Å². The summed E-state index contributed by atoms with van der Waals surface area (Å²) in [5, 5.41) is 0.582. The predicted molar refractivity (Wildman–Crippen MR) is 62.1 cm³/mol. The summed E-state index contributed by atoms with van der Waals surface area (Å²) >= 11 is 6.06. The molecule has 1 atom stereocenters. The fourth-order valence-corrected chi connectivity index (χ4v) is 2.19. The van der Waals surface area contributed by atoms with Gasteiger partial charge in [-0.3, -0.25) is 0 Å². The maximum atomic E-state index is 6.06. The van der Waals surface area contributed by atoms with Crippen LogP contribution in [0.2, 0.25) is 5.02 Å². The average molecular weight is 227 g/mol. The third-order valence-corrected chi connectivity index (χ3v) is 2.97. The molecule has 0 radical (unpaired) electrons. The van der Waals surface area contributed by atoms with Crippen molar-refractivity contribution in [3.05, 3.63) is 11.2 Å². The van der Waals surface area contributed by atoms with Gasteiger partial charge in [-0.15, -0.1) is 0 Å². The number of hydrogen-bond acceptors (Lipinski definition) is 4. The highest BCUT2D eigenvalue weighted by Crippen LogP contribution is 2.27. The van der Waals surface area contributed by atoms with Gasteiger partial charge < -0.3 is 10.6 Å². The van der Waals surface area contributed by atoms with Gasteiger partial charge in [0.25, 0.3) is 0 Å². The molecule has 0 aliphatic carbocycles. The molecule has 2 N–H and O–H groups in total. The molecule has 1 aliphatic rings. The minimum atomic E-state index is 0.285. The van der Waals surface area contributed by atoms with E-state index in [0.29, 0.717) is 10.9 Å². The molecule has 0 saturated carbocycles. The fourth-order valence-electron chi connectivity index (χ4n) is 1.97. The molecule has 5 heteroatoms. The zero-order valence-corrected chi connectivity index (χ0v) is 9.54. The van der Waals surface area contributed by atoms with Gasteiger partial charge in [0.05, 0.1) is 6.20 Å². The Bertz CT molecular complexity index is 355. The van der Waals surface area contributed by atoms with Crippen molar-refractivity contribution in [3.8, 4) is 0 Å². The molecule has 4 nitrogen and oxygen atoms in total. The first-order valence-corrected chi connectivity index (χ1v) is 5.57. The number of nitrogen functional groups attached to an aromatic ring is 1. The van der Waals surface area contributed by atoms with E-state index in [1.807, 2.05) is 0 Å². The molecular weight excluding hydrogens is 212 g/mol. The Kier molecular flexibility index (Phi) is 2.95. The van der Waals surface area contributed by atoms with Crippen LogP contribution >= 0.6 is 11.6 Å². The lowest BCUT2D eigenvalue weighted by Gasteiger charge is -2.32. The zero-order valence-electron chi connectivity index (χ0n) is 8.78. The topological polar surface area (TPSA) is 55.0 Å². The third kappa shape index (κ3) is 2.31. The molecule has 15 heavy (non-hydrogen) atoms. The van der Waals surface area contributed by atoms with Gasteiger partial charge in [0.2, 0.25) is 5.95 Å². The molecule has 1 saturated heterocycles. The molecule has 1 aromatic rings. The molecule has 1 aliphatic heterocycles. The summed E-state index contributed by atoms with van der Waals surface area (Å²) in [5.41, 5.74) is 5.56. The SMILES string of the molecule is CC1CCCN(c2nc(N)ncc2Cl)C1. The molecule has 2 rings (SSSR count). The minimum Gasteiger partial charge on any atom is -0.368 e. The van der Waals surface area contributed by atoms with Crippen molar-refractivity contribution in [2.75, 3.05) is 23.7 Å². The molecule has 0 spiro atoms. The van der Waals surface area contributed by atoms with Crippen LogP contribution in [0.25, 0.3) is 0 Å². The Morgan fingerprint density at radius 1 is 1.60 bits per heavy atom. The van der Waals surface area contributed by atoms with Gasteiger partial charge in [-0.1, -0.05) is 18.5 Å². The van der Waals surface area contributed by atoms with Crippen molar-refractivity contribution >= 4 is 23.4 Å².